The number of ether oxygens (including phenoxy) is 1. The number of methoxy groups -OCH3 is 1. The predicted molar refractivity (Wildman–Crippen MR) is 89.9 cm³/mol. The molecule has 2 N–H and O–H groups in total. The van der Waals surface area contributed by atoms with E-state index in [0.29, 0.717) is 30.5 Å². The van der Waals surface area contributed by atoms with E-state index in [1.54, 1.807) is 26.2 Å². The molecule has 2 atom stereocenters. The summed E-state index contributed by atoms with van der Waals surface area (Å²) in [6, 6.07) is 6.35. The highest BCUT2D eigenvalue weighted by Crippen LogP contribution is 2.27. The molecule has 1 heterocycles. The number of nitrogens with zero attached hydrogens (tertiary/aromatic N) is 2. The van der Waals surface area contributed by atoms with Gasteiger partial charge in [-0.2, -0.15) is 9.57 Å². The van der Waals surface area contributed by atoms with Crippen LogP contribution in [0.2, 0.25) is 0 Å². The van der Waals surface area contributed by atoms with Crippen LogP contribution in [0, 0.1) is 18.3 Å². The molecular weight excluding hydrogens is 338 g/mol. The van der Waals surface area contributed by atoms with Crippen molar-refractivity contribution < 1.29 is 13.2 Å². The van der Waals surface area contributed by atoms with Gasteiger partial charge in [-0.3, -0.25) is 0 Å². The van der Waals surface area contributed by atoms with Gasteiger partial charge in [-0.25, -0.2) is 8.42 Å². The summed E-state index contributed by atoms with van der Waals surface area (Å²) >= 11 is 0. The third-order valence-corrected chi connectivity index (χ3v) is 6.09. The van der Waals surface area contributed by atoms with E-state index in [1.807, 2.05) is 6.07 Å². The summed E-state index contributed by atoms with van der Waals surface area (Å²) in [5.74, 6) is 0. The second-order valence-corrected chi connectivity index (χ2v) is 7.37. The fourth-order valence-corrected chi connectivity index (χ4v) is 4.54. The Bertz CT molecular complexity index is 688. The van der Waals surface area contributed by atoms with E-state index >= 15 is 0 Å². The monoisotopic (exact) mass is 359 g/mol. The highest BCUT2D eigenvalue weighted by Gasteiger charge is 2.36. The van der Waals surface area contributed by atoms with Gasteiger partial charge in [0, 0.05) is 26.2 Å². The van der Waals surface area contributed by atoms with Gasteiger partial charge in [0.15, 0.2) is 0 Å². The van der Waals surface area contributed by atoms with Crippen LogP contribution in [0.15, 0.2) is 23.1 Å². The summed E-state index contributed by atoms with van der Waals surface area (Å²) in [6.07, 6.45) is 1.30. The summed E-state index contributed by atoms with van der Waals surface area (Å²) in [5.41, 5.74) is 6.89. The largest absolute Gasteiger partial charge is 0.381 e. The number of hydrogen-bond acceptors (Lipinski definition) is 5. The summed E-state index contributed by atoms with van der Waals surface area (Å²) < 4.78 is 32.5. The zero-order valence-electron chi connectivity index (χ0n) is 13.2. The molecule has 23 heavy (non-hydrogen) atoms. The van der Waals surface area contributed by atoms with Gasteiger partial charge in [0.05, 0.1) is 22.6 Å². The van der Waals surface area contributed by atoms with Crippen LogP contribution in [0.5, 0.6) is 0 Å². The van der Waals surface area contributed by atoms with Crippen LogP contribution < -0.4 is 5.73 Å². The van der Waals surface area contributed by atoms with E-state index in [4.69, 9.17) is 15.7 Å². The molecule has 1 aliphatic heterocycles. The maximum Gasteiger partial charge on any atom is 0.243 e. The Morgan fingerprint density at radius 1 is 1.48 bits per heavy atom. The zero-order chi connectivity index (χ0) is 16.3. The summed E-state index contributed by atoms with van der Waals surface area (Å²) in [7, 11) is -1.98. The van der Waals surface area contributed by atoms with Gasteiger partial charge in [0.25, 0.3) is 0 Å². The van der Waals surface area contributed by atoms with E-state index in [-0.39, 0.29) is 36.0 Å². The molecule has 0 amide bonds. The number of nitriles is 1. The number of piperidine rings is 1. The SMILES string of the molecule is COC1CCN(S(=O)(=O)c2ccc(C#N)c(C)c2)C(CN)C1.Cl. The van der Waals surface area contributed by atoms with E-state index < -0.39 is 10.0 Å². The highest BCUT2D eigenvalue weighted by atomic mass is 35.5. The third-order valence-electron chi connectivity index (χ3n) is 4.14. The lowest BCUT2D eigenvalue weighted by Crippen LogP contribution is -2.51. The molecule has 0 aliphatic carbocycles. The molecule has 2 rings (SSSR count). The van der Waals surface area contributed by atoms with Crippen LogP contribution in [0.4, 0.5) is 0 Å². The zero-order valence-corrected chi connectivity index (χ0v) is 14.9. The van der Waals surface area contributed by atoms with Crippen LogP contribution in [-0.2, 0) is 14.8 Å². The molecule has 1 aromatic carbocycles. The second kappa shape index (κ2) is 8.08. The minimum atomic E-state index is -3.61. The summed E-state index contributed by atoms with van der Waals surface area (Å²) in [4.78, 5) is 0.207. The molecule has 128 valence electrons. The Balaban J connectivity index is 0.00000264. The Labute approximate surface area is 143 Å². The summed E-state index contributed by atoms with van der Waals surface area (Å²) in [6.45, 7) is 2.38. The molecule has 1 aromatic rings. The molecule has 0 bridgehead atoms. The lowest BCUT2D eigenvalue weighted by molar-refractivity contribution is 0.0401. The van der Waals surface area contributed by atoms with Crippen molar-refractivity contribution in [2.24, 2.45) is 5.73 Å². The van der Waals surface area contributed by atoms with Crippen LogP contribution in [0.1, 0.15) is 24.0 Å². The number of benzene rings is 1. The van der Waals surface area contributed by atoms with Gasteiger partial charge < -0.3 is 10.5 Å². The smallest absolute Gasteiger partial charge is 0.243 e. The molecule has 0 spiro atoms. The van der Waals surface area contributed by atoms with Crippen molar-refractivity contribution in [1.29, 1.82) is 5.26 Å². The fraction of sp³-hybridized carbons (Fsp3) is 0.533. The second-order valence-electron chi connectivity index (χ2n) is 5.48. The van der Waals surface area contributed by atoms with E-state index in [2.05, 4.69) is 0 Å². The van der Waals surface area contributed by atoms with Crippen molar-refractivity contribution in [3.05, 3.63) is 29.3 Å². The van der Waals surface area contributed by atoms with Crippen molar-refractivity contribution in [3.63, 3.8) is 0 Å². The van der Waals surface area contributed by atoms with Crippen LogP contribution in [0.3, 0.4) is 0 Å². The Morgan fingerprint density at radius 2 is 2.17 bits per heavy atom. The molecule has 2 unspecified atom stereocenters. The molecule has 6 nitrogen and oxygen atoms in total. The van der Waals surface area contributed by atoms with Gasteiger partial charge in [-0.1, -0.05) is 0 Å². The number of nitrogens with two attached hydrogens (primary N) is 1. The van der Waals surface area contributed by atoms with Gasteiger partial charge in [0.2, 0.25) is 10.0 Å². The predicted octanol–water partition coefficient (Wildman–Crippen LogP) is 1.42. The minimum Gasteiger partial charge on any atom is -0.381 e. The standard InChI is InChI=1S/C15H21N3O3S.ClH/c1-11-7-15(4-3-12(11)9-16)22(19,20)18-6-5-14(21-2)8-13(18)10-17;/h3-4,7,13-14H,5-6,8,10,17H2,1-2H3;1H. The first-order valence-electron chi connectivity index (χ1n) is 7.19. The molecule has 1 saturated heterocycles. The van der Waals surface area contributed by atoms with Crippen LogP contribution in [0.25, 0.3) is 0 Å². The van der Waals surface area contributed by atoms with Gasteiger partial charge in [-0.05, 0) is 43.5 Å². The van der Waals surface area contributed by atoms with Gasteiger partial charge in [0.1, 0.15) is 0 Å². The molecule has 0 saturated carbocycles. The van der Waals surface area contributed by atoms with Crippen molar-refractivity contribution >= 4 is 22.4 Å². The first kappa shape index (κ1) is 19.9. The molecule has 8 heteroatoms. The molecule has 0 aromatic heterocycles. The maximum atomic E-state index is 12.9. The normalized spacial score (nSPS) is 22.2. The topological polar surface area (TPSA) is 96.4 Å². The van der Waals surface area contributed by atoms with Crippen molar-refractivity contribution in [1.82, 2.24) is 4.31 Å². The fourth-order valence-electron chi connectivity index (χ4n) is 2.79. The summed E-state index contributed by atoms with van der Waals surface area (Å²) in [5, 5.41) is 8.96. The van der Waals surface area contributed by atoms with Crippen LogP contribution >= 0.6 is 12.4 Å². The van der Waals surface area contributed by atoms with E-state index in [9.17, 15) is 8.42 Å². The van der Waals surface area contributed by atoms with Crippen molar-refractivity contribution in [2.75, 3.05) is 20.2 Å². The van der Waals surface area contributed by atoms with Gasteiger partial charge in [-0.15, -0.1) is 12.4 Å². The lowest BCUT2D eigenvalue weighted by atomic mass is 10.0. The third kappa shape index (κ3) is 4.03. The number of halogens is 1. The minimum absolute atomic E-state index is 0. The first-order valence-corrected chi connectivity index (χ1v) is 8.63. The Kier molecular flexibility index (Phi) is 6.99. The first-order chi connectivity index (χ1) is 10.4. The average molecular weight is 360 g/mol. The number of rotatable bonds is 4. The quantitative estimate of drug-likeness (QED) is 0.876. The highest BCUT2D eigenvalue weighted by molar-refractivity contribution is 7.89. The van der Waals surface area contributed by atoms with Gasteiger partial charge >= 0.3 is 0 Å². The number of aryl methyl sites for hydroxylation is 1. The maximum absolute atomic E-state index is 12.9. The molecule has 1 fully saturated rings. The Morgan fingerprint density at radius 3 is 2.70 bits per heavy atom. The lowest BCUT2D eigenvalue weighted by Gasteiger charge is -2.37. The van der Waals surface area contributed by atoms with E-state index in [0.717, 1.165) is 0 Å². The molecule has 1 aliphatic rings. The average Bonchev–Trinajstić information content (AvgIpc) is 2.53. The molecular formula is C15H22ClN3O3S. The van der Waals surface area contributed by atoms with Crippen LogP contribution in [-0.4, -0.2) is 45.1 Å². The number of sulfonamides is 1. The number of hydrogen-bond donors (Lipinski definition) is 1. The van der Waals surface area contributed by atoms with E-state index in [1.165, 1.54) is 10.4 Å². The van der Waals surface area contributed by atoms with Crippen molar-refractivity contribution in [3.8, 4) is 6.07 Å². The van der Waals surface area contributed by atoms with Crippen molar-refractivity contribution in [2.45, 2.75) is 36.8 Å². The molecule has 0 radical (unpaired) electrons. The Hall–Kier alpha value is -1.17.